The predicted molar refractivity (Wildman–Crippen MR) is 56.8 cm³/mol. The van der Waals surface area contributed by atoms with E-state index in [1.807, 2.05) is 0 Å². The Morgan fingerprint density at radius 3 is 2.69 bits per heavy atom. The van der Waals surface area contributed by atoms with Gasteiger partial charge in [0.05, 0.1) is 0 Å². The molecule has 0 radical (unpaired) electrons. The highest BCUT2D eigenvalue weighted by atomic mass is 19.1. The molecule has 0 unspecified atom stereocenters. The van der Waals surface area contributed by atoms with E-state index in [1.165, 1.54) is 18.2 Å². The molecule has 16 heavy (non-hydrogen) atoms. The van der Waals surface area contributed by atoms with Gasteiger partial charge in [-0.05, 0) is 18.2 Å². The Hall–Kier alpha value is -1.13. The fraction of sp³-hybridized carbons (Fsp3) is 0.500. The largest absolute Gasteiger partial charge is 0.508 e. The summed E-state index contributed by atoms with van der Waals surface area (Å²) < 4.78 is 24.5. The minimum Gasteiger partial charge on any atom is -0.508 e. The average molecular weight is 226 g/mol. The fourth-order valence-corrected chi connectivity index (χ4v) is 2.15. The van der Waals surface area contributed by atoms with Crippen LogP contribution >= 0.6 is 0 Å². The van der Waals surface area contributed by atoms with E-state index >= 15 is 0 Å². The van der Waals surface area contributed by atoms with Gasteiger partial charge in [-0.1, -0.05) is 0 Å². The molecular formula is C12H15FO3. The quantitative estimate of drug-likeness (QED) is 0.840. The predicted octanol–water partition coefficient (Wildman–Crippen LogP) is 2.18. The molecule has 1 saturated heterocycles. The molecule has 1 heterocycles. The maximum Gasteiger partial charge on any atom is 0.129 e. The summed E-state index contributed by atoms with van der Waals surface area (Å²) in [6.45, 7) is 1.09. The van der Waals surface area contributed by atoms with Crippen LogP contribution in [0.25, 0.3) is 0 Å². The number of aromatic hydroxyl groups is 1. The molecule has 0 saturated carbocycles. The molecule has 1 aromatic rings. The van der Waals surface area contributed by atoms with E-state index in [4.69, 9.17) is 9.47 Å². The smallest absolute Gasteiger partial charge is 0.129 e. The third kappa shape index (κ3) is 1.90. The van der Waals surface area contributed by atoms with Crippen molar-refractivity contribution < 1.29 is 19.0 Å². The van der Waals surface area contributed by atoms with E-state index in [2.05, 4.69) is 0 Å². The number of benzene rings is 1. The van der Waals surface area contributed by atoms with Gasteiger partial charge in [0.15, 0.2) is 0 Å². The molecule has 0 spiro atoms. The first kappa shape index (κ1) is 11.4. The lowest BCUT2D eigenvalue weighted by Gasteiger charge is -2.36. The van der Waals surface area contributed by atoms with Crippen LogP contribution in [0.2, 0.25) is 0 Å². The summed E-state index contributed by atoms with van der Waals surface area (Å²) in [5.74, 6) is -0.291. The molecule has 0 aromatic heterocycles. The molecule has 4 heteroatoms. The van der Waals surface area contributed by atoms with Crippen LogP contribution in [0.5, 0.6) is 5.75 Å². The molecule has 0 atom stereocenters. The molecule has 0 amide bonds. The van der Waals surface area contributed by atoms with Gasteiger partial charge < -0.3 is 14.6 Å². The Kier molecular flexibility index (Phi) is 3.12. The number of rotatable bonds is 2. The number of ether oxygens (including phenoxy) is 2. The molecule has 3 nitrogen and oxygen atoms in total. The number of phenols is 1. The van der Waals surface area contributed by atoms with Crippen molar-refractivity contribution in [1.82, 2.24) is 0 Å². The third-order valence-electron chi connectivity index (χ3n) is 3.13. The Morgan fingerprint density at radius 1 is 1.38 bits per heavy atom. The summed E-state index contributed by atoms with van der Waals surface area (Å²) in [4.78, 5) is 0. The van der Waals surface area contributed by atoms with Gasteiger partial charge in [-0.2, -0.15) is 0 Å². The zero-order valence-electron chi connectivity index (χ0n) is 9.20. The summed E-state index contributed by atoms with van der Waals surface area (Å²) in [5.41, 5.74) is -0.251. The molecule has 88 valence electrons. The Morgan fingerprint density at radius 2 is 2.06 bits per heavy atom. The number of halogens is 1. The molecule has 0 bridgehead atoms. The second-order valence-electron chi connectivity index (χ2n) is 3.97. The first-order valence-corrected chi connectivity index (χ1v) is 5.30. The Labute approximate surface area is 93.8 Å². The van der Waals surface area contributed by atoms with E-state index in [0.717, 1.165) is 0 Å². The van der Waals surface area contributed by atoms with Gasteiger partial charge in [-0.25, -0.2) is 4.39 Å². The lowest BCUT2D eigenvalue weighted by atomic mass is 9.85. The zero-order chi connectivity index (χ0) is 11.6. The first-order chi connectivity index (χ1) is 7.68. The van der Waals surface area contributed by atoms with Crippen molar-refractivity contribution >= 4 is 0 Å². The third-order valence-corrected chi connectivity index (χ3v) is 3.13. The monoisotopic (exact) mass is 226 g/mol. The summed E-state index contributed by atoms with van der Waals surface area (Å²) in [5, 5.41) is 9.42. The summed E-state index contributed by atoms with van der Waals surface area (Å²) >= 11 is 0. The zero-order valence-corrected chi connectivity index (χ0v) is 9.20. The molecule has 1 N–H and O–H groups in total. The summed E-state index contributed by atoms with van der Waals surface area (Å²) in [6.07, 6.45) is 1.20. The van der Waals surface area contributed by atoms with Crippen molar-refractivity contribution in [3.05, 3.63) is 29.6 Å². The van der Waals surface area contributed by atoms with Gasteiger partial charge in [-0.15, -0.1) is 0 Å². The van der Waals surface area contributed by atoms with Crippen molar-refractivity contribution in [2.75, 3.05) is 20.3 Å². The van der Waals surface area contributed by atoms with E-state index in [-0.39, 0.29) is 11.6 Å². The number of hydrogen-bond acceptors (Lipinski definition) is 3. The topological polar surface area (TPSA) is 38.7 Å². The standard InChI is InChI=1S/C12H15FO3/c1-15-12(4-6-16-7-5-12)10-8-9(14)2-3-11(10)13/h2-3,8,14H,4-7H2,1H3. The van der Waals surface area contributed by atoms with Crippen molar-refractivity contribution in [2.45, 2.75) is 18.4 Å². The molecule has 0 aliphatic carbocycles. The second-order valence-corrected chi connectivity index (χ2v) is 3.97. The van der Waals surface area contributed by atoms with Crippen molar-refractivity contribution in [3.8, 4) is 5.75 Å². The highest BCUT2D eigenvalue weighted by Gasteiger charge is 2.36. The number of methoxy groups -OCH3 is 1. The van der Waals surface area contributed by atoms with Gasteiger partial charge in [0, 0.05) is 38.7 Å². The minimum atomic E-state index is -0.666. The normalized spacial score (nSPS) is 19.6. The van der Waals surface area contributed by atoms with E-state index < -0.39 is 5.60 Å². The lowest BCUT2D eigenvalue weighted by molar-refractivity contribution is -0.0966. The number of phenolic OH excluding ortho intramolecular Hbond substituents is 1. The second kappa shape index (κ2) is 4.39. The first-order valence-electron chi connectivity index (χ1n) is 5.30. The van der Waals surface area contributed by atoms with Crippen LogP contribution in [0.3, 0.4) is 0 Å². The van der Waals surface area contributed by atoms with Gasteiger partial charge in [0.1, 0.15) is 17.2 Å². The van der Waals surface area contributed by atoms with Gasteiger partial charge in [0.2, 0.25) is 0 Å². The lowest BCUT2D eigenvalue weighted by Crippen LogP contribution is -2.36. The maximum absolute atomic E-state index is 13.8. The average Bonchev–Trinajstić information content (AvgIpc) is 2.33. The van der Waals surface area contributed by atoms with Crippen LogP contribution in [0.4, 0.5) is 4.39 Å². The van der Waals surface area contributed by atoms with Crippen molar-refractivity contribution in [3.63, 3.8) is 0 Å². The number of hydrogen-bond donors (Lipinski definition) is 1. The van der Waals surface area contributed by atoms with E-state index in [0.29, 0.717) is 31.6 Å². The molecular weight excluding hydrogens is 211 g/mol. The van der Waals surface area contributed by atoms with Gasteiger partial charge >= 0.3 is 0 Å². The molecule has 1 aliphatic rings. The van der Waals surface area contributed by atoms with Crippen LogP contribution in [0, 0.1) is 5.82 Å². The summed E-state index contributed by atoms with van der Waals surface area (Å²) in [7, 11) is 1.56. The van der Waals surface area contributed by atoms with Crippen LogP contribution < -0.4 is 0 Å². The van der Waals surface area contributed by atoms with Gasteiger partial charge in [-0.3, -0.25) is 0 Å². The highest BCUT2D eigenvalue weighted by molar-refractivity contribution is 5.33. The summed E-state index contributed by atoms with van der Waals surface area (Å²) in [6, 6.07) is 4.03. The van der Waals surface area contributed by atoms with Crippen LogP contribution in [0.15, 0.2) is 18.2 Å². The van der Waals surface area contributed by atoms with Gasteiger partial charge in [0.25, 0.3) is 0 Å². The maximum atomic E-state index is 13.8. The SMILES string of the molecule is COC1(c2cc(O)ccc2F)CCOCC1. The molecule has 1 fully saturated rings. The van der Waals surface area contributed by atoms with E-state index in [1.54, 1.807) is 7.11 Å². The van der Waals surface area contributed by atoms with Crippen LogP contribution in [0.1, 0.15) is 18.4 Å². The highest BCUT2D eigenvalue weighted by Crippen LogP contribution is 2.38. The minimum absolute atomic E-state index is 0.0549. The van der Waals surface area contributed by atoms with Crippen LogP contribution in [-0.4, -0.2) is 25.4 Å². The van der Waals surface area contributed by atoms with Crippen LogP contribution in [-0.2, 0) is 15.1 Å². The molecule has 1 aromatic carbocycles. The molecule has 2 rings (SSSR count). The fourth-order valence-electron chi connectivity index (χ4n) is 2.15. The Balaban J connectivity index is 2.42. The van der Waals surface area contributed by atoms with Crippen molar-refractivity contribution in [2.24, 2.45) is 0 Å². The Bertz CT molecular complexity index is 373. The molecule has 1 aliphatic heterocycles. The van der Waals surface area contributed by atoms with Crippen molar-refractivity contribution in [1.29, 1.82) is 0 Å². The van der Waals surface area contributed by atoms with E-state index in [9.17, 15) is 9.50 Å².